The minimum atomic E-state index is -0.560. The highest BCUT2D eigenvalue weighted by atomic mass is 35.5. The first kappa shape index (κ1) is 17.7. The van der Waals surface area contributed by atoms with Gasteiger partial charge in [-0.2, -0.15) is 5.10 Å². The number of methoxy groups -OCH3 is 1. The van der Waals surface area contributed by atoms with Gasteiger partial charge < -0.3 is 15.0 Å². The topological polar surface area (TPSA) is 105 Å². The third kappa shape index (κ3) is 3.45. The molecule has 0 saturated carbocycles. The number of nitrogens with two attached hydrogens (primary N) is 1. The monoisotopic (exact) mass is 373 g/mol. The van der Waals surface area contributed by atoms with Crippen molar-refractivity contribution >= 4 is 17.5 Å². The number of rotatable bonds is 5. The number of carbonyl (C=O) groups excluding carboxylic acids is 1. The number of amides is 1. The SMILES string of the molecule is COc1ccc(Cl)cc1-n1nc(CC(N)=O)nc1-c1ccn(C)c(=O)c1. The quantitative estimate of drug-likeness (QED) is 0.726. The first-order valence-corrected chi connectivity index (χ1v) is 8.02. The minimum absolute atomic E-state index is 0.131. The van der Waals surface area contributed by atoms with Gasteiger partial charge >= 0.3 is 0 Å². The van der Waals surface area contributed by atoms with Gasteiger partial charge in [0.2, 0.25) is 5.91 Å². The zero-order chi connectivity index (χ0) is 18.8. The molecule has 0 aliphatic carbocycles. The average molecular weight is 374 g/mol. The molecule has 0 aliphatic rings. The van der Waals surface area contributed by atoms with Crippen molar-refractivity contribution in [3.63, 3.8) is 0 Å². The van der Waals surface area contributed by atoms with E-state index in [0.717, 1.165) is 0 Å². The molecule has 0 saturated heterocycles. The number of aryl methyl sites for hydroxylation is 1. The molecule has 0 aliphatic heterocycles. The number of pyridine rings is 1. The molecule has 26 heavy (non-hydrogen) atoms. The molecule has 0 bridgehead atoms. The van der Waals surface area contributed by atoms with Crippen molar-refractivity contribution in [1.29, 1.82) is 0 Å². The summed E-state index contributed by atoms with van der Waals surface area (Å²) in [5, 5.41) is 4.83. The Hall–Kier alpha value is -3.13. The molecule has 8 nitrogen and oxygen atoms in total. The summed E-state index contributed by atoms with van der Waals surface area (Å²) >= 11 is 6.11. The van der Waals surface area contributed by atoms with Crippen LogP contribution in [-0.2, 0) is 18.3 Å². The van der Waals surface area contributed by atoms with E-state index in [0.29, 0.717) is 27.8 Å². The Labute approximate surface area is 153 Å². The molecule has 0 spiro atoms. The summed E-state index contributed by atoms with van der Waals surface area (Å²) in [4.78, 5) is 27.7. The van der Waals surface area contributed by atoms with Crippen LogP contribution in [0.1, 0.15) is 5.82 Å². The van der Waals surface area contributed by atoms with E-state index in [2.05, 4.69) is 10.1 Å². The second-order valence-electron chi connectivity index (χ2n) is 5.59. The highest BCUT2D eigenvalue weighted by Gasteiger charge is 2.18. The van der Waals surface area contributed by atoms with E-state index < -0.39 is 5.91 Å². The van der Waals surface area contributed by atoms with E-state index in [4.69, 9.17) is 22.1 Å². The number of primary amides is 1. The van der Waals surface area contributed by atoms with Crippen molar-refractivity contribution in [2.45, 2.75) is 6.42 Å². The van der Waals surface area contributed by atoms with Gasteiger partial charge in [-0.25, -0.2) is 9.67 Å². The number of hydrogen-bond donors (Lipinski definition) is 1. The Morgan fingerprint density at radius 3 is 2.73 bits per heavy atom. The van der Waals surface area contributed by atoms with E-state index >= 15 is 0 Å². The maximum atomic E-state index is 12.0. The Morgan fingerprint density at radius 2 is 2.08 bits per heavy atom. The van der Waals surface area contributed by atoms with E-state index in [1.54, 1.807) is 37.5 Å². The molecule has 9 heteroatoms. The predicted octanol–water partition coefficient (Wildman–Crippen LogP) is 1.32. The first-order valence-electron chi connectivity index (χ1n) is 7.64. The Kier molecular flexibility index (Phi) is 4.77. The third-order valence-electron chi connectivity index (χ3n) is 3.71. The summed E-state index contributed by atoms with van der Waals surface area (Å²) in [6, 6.07) is 8.20. The maximum absolute atomic E-state index is 12.0. The number of carbonyl (C=O) groups is 1. The van der Waals surface area contributed by atoms with Crippen molar-refractivity contribution < 1.29 is 9.53 Å². The molecular weight excluding hydrogens is 358 g/mol. The zero-order valence-corrected chi connectivity index (χ0v) is 14.9. The van der Waals surface area contributed by atoms with Gasteiger partial charge in [0.1, 0.15) is 11.4 Å². The molecule has 0 atom stereocenters. The van der Waals surface area contributed by atoms with Gasteiger partial charge in [-0.15, -0.1) is 0 Å². The summed E-state index contributed by atoms with van der Waals surface area (Å²) in [5.74, 6) is 0.556. The van der Waals surface area contributed by atoms with Crippen molar-refractivity contribution in [2.24, 2.45) is 12.8 Å². The standard InChI is InChI=1S/C17H16ClN5O3/c1-22-6-5-10(7-16(22)25)17-20-15(9-14(19)24)21-23(17)12-8-11(18)3-4-13(12)26-2/h3-8H,9H2,1-2H3,(H2,19,24). The number of halogens is 1. The van der Waals surface area contributed by atoms with Crippen LogP contribution in [0.15, 0.2) is 41.3 Å². The Bertz CT molecular complexity index is 1040. The maximum Gasteiger partial charge on any atom is 0.250 e. The predicted molar refractivity (Wildman–Crippen MR) is 96.5 cm³/mol. The van der Waals surface area contributed by atoms with Gasteiger partial charge in [0.25, 0.3) is 5.56 Å². The lowest BCUT2D eigenvalue weighted by Gasteiger charge is -2.11. The number of ether oxygens (including phenoxy) is 1. The smallest absolute Gasteiger partial charge is 0.250 e. The molecule has 0 fully saturated rings. The van der Waals surface area contributed by atoms with E-state index in [1.165, 1.54) is 22.4 Å². The van der Waals surface area contributed by atoms with Crippen LogP contribution in [0.5, 0.6) is 5.75 Å². The Balaban J connectivity index is 2.25. The number of nitrogens with zero attached hydrogens (tertiary/aromatic N) is 4. The summed E-state index contributed by atoms with van der Waals surface area (Å²) in [6.07, 6.45) is 1.49. The van der Waals surface area contributed by atoms with Gasteiger partial charge in [-0.3, -0.25) is 9.59 Å². The first-order chi connectivity index (χ1) is 12.4. The van der Waals surface area contributed by atoms with Crippen molar-refractivity contribution in [3.05, 3.63) is 57.7 Å². The molecule has 0 unspecified atom stereocenters. The lowest BCUT2D eigenvalue weighted by atomic mass is 10.2. The fraction of sp³-hybridized carbons (Fsp3) is 0.176. The highest BCUT2D eigenvalue weighted by Crippen LogP contribution is 2.29. The molecule has 2 N–H and O–H groups in total. The molecule has 0 radical (unpaired) electrons. The fourth-order valence-electron chi connectivity index (χ4n) is 2.46. The molecule has 2 heterocycles. The largest absolute Gasteiger partial charge is 0.494 e. The van der Waals surface area contributed by atoms with Gasteiger partial charge in [0.15, 0.2) is 11.6 Å². The molecular formula is C17H16ClN5O3. The van der Waals surface area contributed by atoms with Crippen LogP contribution in [0, 0.1) is 0 Å². The summed E-state index contributed by atoms with van der Waals surface area (Å²) < 4.78 is 8.30. The summed E-state index contributed by atoms with van der Waals surface area (Å²) in [7, 11) is 3.17. The van der Waals surface area contributed by atoms with Crippen molar-refractivity contribution in [1.82, 2.24) is 19.3 Å². The fourth-order valence-corrected chi connectivity index (χ4v) is 2.62. The van der Waals surface area contributed by atoms with Crippen LogP contribution in [0.4, 0.5) is 0 Å². The second kappa shape index (κ2) is 7.01. The number of hydrogen-bond acceptors (Lipinski definition) is 5. The minimum Gasteiger partial charge on any atom is -0.494 e. The lowest BCUT2D eigenvalue weighted by Crippen LogP contribution is -2.15. The molecule has 2 aromatic heterocycles. The Morgan fingerprint density at radius 1 is 1.31 bits per heavy atom. The summed E-state index contributed by atoms with van der Waals surface area (Å²) in [5.41, 5.74) is 6.12. The number of aromatic nitrogens is 4. The van der Waals surface area contributed by atoms with E-state index in [9.17, 15) is 9.59 Å². The average Bonchev–Trinajstić information content (AvgIpc) is 3.00. The molecule has 134 valence electrons. The molecule has 1 amide bonds. The van der Waals surface area contributed by atoms with Crippen LogP contribution in [0.2, 0.25) is 5.02 Å². The van der Waals surface area contributed by atoms with Crippen LogP contribution in [0.25, 0.3) is 17.1 Å². The van der Waals surface area contributed by atoms with Gasteiger partial charge in [0, 0.05) is 29.9 Å². The second-order valence-corrected chi connectivity index (χ2v) is 6.02. The summed E-state index contributed by atoms with van der Waals surface area (Å²) in [6.45, 7) is 0. The van der Waals surface area contributed by atoms with Crippen LogP contribution in [0.3, 0.4) is 0 Å². The highest BCUT2D eigenvalue weighted by molar-refractivity contribution is 6.30. The van der Waals surface area contributed by atoms with Crippen molar-refractivity contribution in [2.75, 3.05) is 7.11 Å². The van der Waals surface area contributed by atoms with Crippen molar-refractivity contribution in [3.8, 4) is 22.8 Å². The van der Waals surface area contributed by atoms with Crippen LogP contribution in [-0.4, -0.2) is 32.3 Å². The lowest BCUT2D eigenvalue weighted by molar-refractivity contribution is -0.117. The van der Waals surface area contributed by atoms with Crippen LogP contribution < -0.4 is 16.0 Å². The number of benzene rings is 1. The van der Waals surface area contributed by atoms with E-state index in [-0.39, 0.29) is 17.8 Å². The molecule has 1 aromatic carbocycles. The van der Waals surface area contributed by atoms with Gasteiger partial charge in [-0.1, -0.05) is 11.6 Å². The zero-order valence-electron chi connectivity index (χ0n) is 14.1. The molecule has 3 rings (SSSR count). The van der Waals surface area contributed by atoms with Gasteiger partial charge in [-0.05, 0) is 24.3 Å². The molecule has 3 aromatic rings. The van der Waals surface area contributed by atoms with Gasteiger partial charge in [0.05, 0.1) is 13.5 Å². The normalized spacial score (nSPS) is 10.7. The van der Waals surface area contributed by atoms with E-state index in [1.807, 2.05) is 0 Å². The third-order valence-corrected chi connectivity index (χ3v) is 3.95. The van der Waals surface area contributed by atoms with Crippen LogP contribution >= 0.6 is 11.6 Å².